The summed E-state index contributed by atoms with van der Waals surface area (Å²) >= 11 is 6.08. The molecule has 21 heavy (non-hydrogen) atoms. The molecule has 0 radical (unpaired) electrons. The lowest BCUT2D eigenvalue weighted by atomic mass is 9.88. The standard InChI is InChI=1S/C15H18ClNO3S/c16-13-4-2-1-3-9(13)8-21(19,20)17-7-11-5-10-6-12(11)14(17)15(10)18/h1-4,10-12,14-15,18H,5-8H2. The second kappa shape index (κ2) is 4.69. The molecule has 1 aromatic rings. The third-order valence-electron chi connectivity index (χ3n) is 5.46. The summed E-state index contributed by atoms with van der Waals surface area (Å²) in [6.07, 6.45) is 1.46. The number of aliphatic hydroxyl groups excluding tert-OH is 1. The minimum absolute atomic E-state index is 0.0833. The van der Waals surface area contributed by atoms with Crippen molar-refractivity contribution >= 4 is 21.6 Å². The maximum Gasteiger partial charge on any atom is 0.218 e. The predicted molar refractivity (Wildman–Crippen MR) is 80.3 cm³/mol. The Balaban J connectivity index is 1.63. The molecule has 4 nitrogen and oxygen atoms in total. The fourth-order valence-electron chi connectivity index (χ4n) is 4.57. The second-order valence-electron chi connectivity index (χ2n) is 6.55. The van der Waals surface area contributed by atoms with E-state index in [2.05, 4.69) is 0 Å². The molecule has 2 saturated carbocycles. The molecule has 1 N–H and O–H groups in total. The van der Waals surface area contributed by atoms with Gasteiger partial charge >= 0.3 is 0 Å². The molecule has 0 amide bonds. The van der Waals surface area contributed by atoms with Crippen molar-refractivity contribution in [2.24, 2.45) is 17.8 Å². The molecule has 3 fully saturated rings. The zero-order valence-electron chi connectivity index (χ0n) is 11.5. The second-order valence-corrected chi connectivity index (χ2v) is 8.88. The van der Waals surface area contributed by atoms with Crippen molar-refractivity contribution in [2.45, 2.75) is 30.7 Å². The van der Waals surface area contributed by atoms with Gasteiger partial charge in [-0.05, 0) is 42.2 Å². The maximum absolute atomic E-state index is 12.8. The zero-order chi connectivity index (χ0) is 14.8. The topological polar surface area (TPSA) is 57.6 Å². The smallest absolute Gasteiger partial charge is 0.218 e. The van der Waals surface area contributed by atoms with Gasteiger partial charge in [0, 0.05) is 11.6 Å². The van der Waals surface area contributed by atoms with Crippen LogP contribution in [0.25, 0.3) is 0 Å². The van der Waals surface area contributed by atoms with Crippen molar-refractivity contribution in [3.8, 4) is 0 Å². The van der Waals surface area contributed by atoms with E-state index >= 15 is 0 Å². The Bertz CT molecular complexity index is 675. The van der Waals surface area contributed by atoms with Gasteiger partial charge in [0.2, 0.25) is 10.0 Å². The first-order chi connectivity index (χ1) is 9.97. The molecule has 5 atom stereocenters. The summed E-state index contributed by atoms with van der Waals surface area (Å²) in [7, 11) is -3.44. The monoisotopic (exact) mass is 327 g/mol. The molecule has 3 aliphatic rings. The number of sulfonamides is 1. The number of rotatable bonds is 3. The highest BCUT2D eigenvalue weighted by molar-refractivity contribution is 7.88. The van der Waals surface area contributed by atoms with Crippen LogP contribution in [-0.2, 0) is 15.8 Å². The molecule has 6 heteroatoms. The molecular formula is C15H18ClNO3S. The summed E-state index contributed by atoms with van der Waals surface area (Å²) in [6, 6.07) is 6.84. The van der Waals surface area contributed by atoms with Crippen LogP contribution in [-0.4, -0.2) is 36.5 Å². The quantitative estimate of drug-likeness (QED) is 0.922. The van der Waals surface area contributed by atoms with E-state index in [0.717, 1.165) is 12.8 Å². The van der Waals surface area contributed by atoms with Crippen LogP contribution in [0.15, 0.2) is 24.3 Å². The highest BCUT2D eigenvalue weighted by atomic mass is 35.5. The van der Waals surface area contributed by atoms with Crippen molar-refractivity contribution in [3.63, 3.8) is 0 Å². The summed E-state index contributed by atoms with van der Waals surface area (Å²) in [4.78, 5) is 0. The van der Waals surface area contributed by atoms with Crippen LogP contribution in [0.3, 0.4) is 0 Å². The van der Waals surface area contributed by atoms with Crippen LogP contribution in [0.4, 0.5) is 0 Å². The van der Waals surface area contributed by atoms with E-state index in [1.54, 1.807) is 28.6 Å². The molecule has 1 aromatic carbocycles. The van der Waals surface area contributed by atoms with Gasteiger partial charge in [-0.3, -0.25) is 0 Å². The van der Waals surface area contributed by atoms with Crippen LogP contribution in [0.1, 0.15) is 18.4 Å². The summed E-state index contributed by atoms with van der Waals surface area (Å²) in [5.41, 5.74) is 0.627. The average molecular weight is 328 g/mol. The van der Waals surface area contributed by atoms with Gasteiger partial charge in [-0.2, -0.15) is 4.31 Å². The van der Waals surface area contributed by atoms with E-state index in [0.29, 0.717) is 34.9 Å². The maximum atomic E-state index is 12.8. The highest BCUT2D eigenvalue weighted by Gasteiger charge is 2.61. The zero-order valence-corrected chi connectivity index (χ0v) is 13.1. The minimum atomic E-state index is -3.44. The number of nitrogens with zero attached hydrogens (tertiary/aromatic N) is 1. The van der Waals surface area contributed by atoms with Gasteiger partial charge in [0.25, 0.3) is 0 Å². The third kappa shape index (κ3) is 2.05. The first-order valence-corrected chi connectivity index (χ1v) is 9.37. The molecule has 0 spiro atoms. The normalized spacial score (nSPS) is 38.3. The highest BCUT2D eigenvalue weighted by Crippen LogP contribution is 2.55. The largest absolute Gasteiger partial charge is 0.391 e. The summed E-state index contributed by atoms with van der Waals surface area (Å²) in [6.45, 7) is 0.565. The Morgan fingerprint density at radius 1 is 1.24 bits per heavy atom. The summed E-state index contributed by atoms with van der Waals surface area (Å²) in [5.74, 6) is 1.00. The molecule has 1 saturated heterocycles. The fourth-order valence-corrected chi connectivity index (χ4v) is 6.73. The van der Waals surface area contributed by atoms with Gasteiger partial charge in [0.05, 0.1) is 17.9 Å². The number of aliphatic hydroxyl groups is 1. The molecule has 1 aliphatic heterocycles. The molecule has 1 heterocycles. The van der Waals surface area contributed by atoms with Gasteiger partial charge < -0.3 is 5.11 Å². The summed E-state index contributed by atoms with van der Waals surface area (Å²) < 4.78 is 27.1. The van der Waals surface area contributed by atoms with E-state index < -0.39 is 16.1 Å². The van der Waals surface area contributed by atoms with Gasteiger partial charge in [0.15, 0.2) is 0 Å². The Morgan fingerprint density at radius 3 is 2.71 bits per heavy atom. The van der Waals surface area contributed by atoms with Crippen LogP contribution < -0.4 is 0 Å². The van der Waals surface area contributed by atoms with Crippen molar-refractivity contribution < 1.29 is 13.5 Å². The lowest BCUT2D eigenvalue weighted by molar-refractivity contribution is 0.0730. The first kappa shape index (κ1) is 14.0. The molecule has 5 unspecified atom stereocenters. The van der Waals surface area contributed by atoms with Crippen LogP contribution in [0.2, 0.25) is 5.02 Å². The van der Waals surface area contributed by atoms with E-state index in [9.17, 15) is 13.5 Å². The fraction of sp³-hybridized carbons (Fsp3) is 0.600. The molecular weight excluding hydrogens is 310 g/mol. The van der Waals surface area contributed by atoms with E-state index in [1.807, 2.05) is 0 Å². The summed E-state index contributed by atoms with van der Waals surface area (Å²) in [5, 5.41) is 10.8. The van der Waals surface area contributed by atoms with Crippen molar-refractivity contribution in [3.05, 3.63) is 34.9 Å². The predicted octanol–water partition coefficient (Wildman–Crippen LogP) is 1.87. The van der Waals surface area contributed by atoms with E-state index in [1.165, 1.54) is 0 Å². The van der Waals surface area contributed by atoms with Crippen molar-refractivity contribution in [1.82, 2.24) is 4.31 Å². The number of benzene rings is 1. The Kier molecular flexibility index (Phi) is 3.12. The lowest BCUT2D eigenvalue weighted by Crippen LogP contribution is -2.44. The van der Waals surface area contributed by atoms with Gasteiger partial charge in [-0.15, -0.1) is 0 Å². The van der Waals surface area contributed by atoms with Gasteiger partial charge in [-0.25, -0.2) is 8.42 Å². The number of fused-ring (bicyclic) bond motifs is 1. The van der Waals surface area contributed by atoms with Crippen LogP contribution >= 0.6 is 11.6 Å². The van der Waals surface area contributed by atoms with Crippen LogP contribution in [0, 0.1) is 17.8 Å². The van der Waals surface area contributed by atoms with Crippen LogP contribution in [0.5, 0.6) is 0 Å². The number of hydrogen-bond donors (Lipinski definition) is 1. The van der Waals surface area contributed by atoms with Gasteiger partial charge in [0.1, 0.15) is 0 Å². The number of hydrogen-bond acceptors (Lipinski definition) is 3. The van der Waals surface area contributed by atoms with Gasteiger partial charge in [-0.1, -0.05) is 29.8 Å². The Labute approximate surface area is 129 Å². The average Bonchev–Trinajstić information content (AvgIpc) is 3.02. The van der Waals surface area contributed by atoms with Crippen molar-refractivity contribution in [2.75, 3.05) is 6.54 Å². The third-order valence-corrected chi connectivity index (χ3v) is 7.61. The molecule has 0 aromatic heterocycles. The Morgan fingerprint density at radius 2 is 2.00 bits per heavy atom. The molecule has 2 bridgehead atoms. The lowest BCUT2D eigenvalue weighted by Gasteiger charge is -2.28. The van der Waals surface area contributed by atoms with E-state index in [-0.39, 0.29) is 11.8 Å². The van der Waals surface area contributed by atoms with Crippen molar-refractivity contribution in [1.29, 1.82) is 0 Å². The minimum Gasteiger partial charge on any atom is -0.391 e. The SMILES string of the molecule is O=S(=O)(Cc1ccccc1Cl)N1CC2CC3CC2C1C3O. The Hall–Kier alpha value is -0.620. The first-order valence-electron chi connectivity index (χ1n) is 7.38. The number of halogens is 1. The molecule has 114 valence electrons. The molecule has 2 aliphatic carbocycles. The van der Waals surface area contributed by atoms with E-state index in [4.69, 9.17) is 11.6 Å². The molecule has 4 rings (SSSR count).